The van der Waals surface area contributed by atoms with Gasteiger partial charge in [0.2, 0.25) is 0 Å². The van der Waals surface area contributed by atoms with Gasteiger partial charge in [-0.2, -0.15) is 0 Å². The largest absolute Gasteiger partial charge is 0.382 e. The Labute approximate surface area is 183 Å². The van der Waals surface area contributed by atoms with Gasteiger partial charge >= 0.3 is 0 Å². The number of aliphatic imine (C=N–C) groups is 1. The van der Waals surface area contributed by atoms with Gasteiger partial charge in [-0.15, -0.1) is 24.0 Å². The van der Waals surface area contributed by atoms with E-state index in [1.807, 2.05) is 4.90 Å². The molecular formula is C19H31F2IN4O2. The van der Waals surface area contributed by atoms with Crippen LogP contribution in [0, 0.1) is 11.6 Å². The van der Waals surface area contributed by atoms with E-state index in [9.17, 15) is 8.78 Å². The number of hydrogen-bond acceptors (Lipinski definition) is 4. The number of nitrogens with zero attached hydrogens (tertiary/aromatic N) is 3. The number of methoxy groups -OCH3 is 1. The highest BCUT2D eigenvalue weighted by Crippen LogP contribution is 2.21. The van der Waals surface area contributed by atoms with Crippen molar-refractivity contribution < 1.29 is 18.3 Å². The smallest absolute Gasteiger partial charge is 0.193 e. The molecule has 0 aliphatic carbocycles. The average Bonchev–Trinajstić information content (AvgIpc) is 2.69. The molecule has 0 amide bonds. The Hall–Kier alpha value is -1.20. The molecule has 0 radical (unpaired) electrons. The summed E-state index contributed by atoms with van der Waals surface area (Å²) >= 11 is 0. The van der Waals surface area contributed by atoms with Crippen molar-refractivity contribution in [2.75, 3.05) is 71.6 Å². The number of rotatable bonds is 9. The highest BCUT2D eigenvalue weighted by Gasteiger charge is 2.21. The first kappa shape index (κ1) is 24.8. The number of ether oxygens (including phenoxy) is 2. The van der Waals surface area contributed by atoms with Crippen LogP contribution in [-0.2, 0) is 9.47 Å². The third-order valence-corrected chi connectivity index (χ3v) is 4.47. The molecule has 28 heavy (non-hydrogen) atoms. The third kappa shape index (κ3) is 8.04. The zero-order valence-electron chi connectivity index (χ0n) is 16.6. The standard InChI is InChI=1S/C19H30F2N4O2.HI/c1-22-19(23-7-3-4-12-27-14-13-26-2)25-10-8-24(9-11-25)18-15-16(20)5-6-17(18)21;/h5-6,15H,3-4,7-14H2,1-2H3,(H,22,23);1H. The summed E-state index contributed by atoms with van der Waals surface area (Å²) in [7, 11) is 3.42. The minimum atomic E-state index is -0.419. The van der Waals surface area contributed by atoms with Gasteiger partial charge in [0, 0.05) is 59.6 Å². The molecular weight excluding hydrogens is 481 g/mol. The fourth-order valence-electron chi connectivity index (χ4n) is 2.99. The van der Waals surface area contributed by atoms with Gasteiger partial charge in [0.05, 0.1) is 18.9 Å². The molecule has 1 heterocycles. The fraction of sp³-hybridized carbons (Fsp3) is 0.632. The maximum Gasteiger partial charge on any atom is 0.193 e. The number of guanidine groups is 1. The number of anilines is 1. The van der Waals surface area contributed by atoms with Gasteiger partial charge in [0.1, 0.15) is 11.6 Å². The van der Waals surface area contributed by atoms with E-state index in [0.29, 0.717) is 45.1 Å². The van der Waals surface area contributed by atoms with E-state index in [4.69, 9.17) is 9.47 Å². The van der Waals surface area contributed by atoms with Gasteiger partial charge in [-0.05, 0) is 25.0 Å². The van der Waals surface area contributed by atoms with Crippen molar-refractivity contribution in [3.05, 3.63) is 29.8 Å². The molecule has 1 fully saturated rings. The molecule has 0 unspecified atom stereocenters. The second kappa shape index (κ2) is 13.9. The highest BCUT2D eigenvalue weighted by atomic mass is 127. The monoisotopic (exact) mass is 512 g/mol. The second-order valence-electron chi connectivity index (χ2n) is 6.36. The van der Waals surface area contributed by atoms with Crippen molar-refractivity contribution in [2.24, 2.45) is 4.99 Å². The van der Waals surface area contributed by atoms with Crippen molar-refractivity contribution in [1.29, 1.82) is 0 Å². The van der Waals surface area contributed by atoms with Crippen molar-refractivity contribution >= 4 is 35.6 Å². The Morgan fingerprint density at radius 3 is 2.54 bits per heavy atom. The molecule has 0 bridgehead atoms. The first-order chi connectivity index (χ1) is 13.2. The van der Waals surface area contributed by atoms with Crippen molar-refractivity contribution in [3.63, 3.8) is 0 Å². The molecule has 1 aromatic rings. The van der Waals surface area contributed by atoms with Crippen LogP contribution >= 0.6 is 24.0 Å². The predicted molar refractivity (Wildman–Crippen MR) is 119 cm³/mol. The number of piperazine rings is 1. The number of nitrogens with one attached hydrogen (secondary N) is 1. The maximum atomic E-state index is 13.9. The Kier molecular flexibility index (Phi) is 12.3. The van der Waals surface area contributed by atoms with Crippen molar-refractivity contribution in [3.8, 4) is 0 Å². The molecule has 6 nitrogen and oxygen atoms in total. The first-order valence-corrected chi connectivity index (χ1v) is 9.38. The highest BCUT2D eigenvalue weighted by molar-refractivity contribution is 14.0. The normalized spacial score (nSPS) is 14.8. The van der Waals surface area contributed by atoms with E-state index in [2.05, 4.69) is 15.2 Å². The fourth-order valence-corrected chi connectivity index (χ4v) is 2.99. The summed E-state index contributed by atoms with van der Waals surface area (Å²) in [5.74, 6) is 0.0345. The minimum Gasteiger partial charge on any atom is -0.382 e. The van der Waals surface area contributed by atoms with Gasteiger partial charge in [0.25, 0.3) is 0 Å². The molecule has 1 aliphatic heterocycles. The summed E-state index contributed by atoms with van der Waals surface area (Å²) in [4.78, 5) is 8.35. The van der Waals surface area contributed by atoms with Crippen LogP contribution in [0.2, 0.25) is 0 Å². The molecule has 1 aromatic carbocycles. The van der Waals surface area contributed by atoms with Crippen molar-refractivity contribution in [2.45, 2.75) is 12.8 Å². The van der Waals surface area contributed by atoms with Crippen LogP contribution in [0.1, 0.15) is 12.8 Å². The quantitative estimate of drug-likeness (QED) is 0.239. The lowest BCUT2D eigenvalue weighted by atomic mass is 10.2. The van der Waals surface area contributed by atoms with Gasteiger partial charge in [-0.1, -0.05) is 0 Å². The lowest BCUT2D eigenvalue weighted by Crippen LogP contribution is -2.52. The van der Waals surface area contributed by atoms with Crippen LogP contribution in [0.3, 0.4) is 0 Å². The SMILES string of the molecule is CN=C(NCCCCOCCOC)N1CCN(c2cc(F)ccc2F)CC1.I. The van der Waals surface area contributed by atoms with Crippen LogP contribution < -0.4 is 10.2 Å². The van der Waals surface area contributed by atoms with Gasteiger partial charge in [-0.25, -0.2) is 8.78 Å². The number of unbranched alkanes of at least 4 members (excludes halogenated alkanes) is 1. The number of hydrogen-bond donors (Lipinski definition) is 1. The summed E-state index contributed by atoms with van der Waals surface area (Å²) in [6, 6.07) is 3.58. The Balaban J connectivity index is 0.00000392. The molecule has 0 saturated carbocycles. The average molecular weight is 512 g/mol. The van der Waals surface area contributed by atoms with Crippen LogP contribution in [0.15, 0.2) is 23.2 Å². The van der Waals surface area contributed by atoms with Crippen molar-refractivity contribution in [1.82, 2.24) is 10.2 Å². The van der Waals surface area contributed by atoms with E-state index in [1.54, 1.807) is 14.2 Å². The Bertz CT molecular complexity index is 599. The predicted octanol–water partition coefficient (Wildman–Crippen LogP) is 2.72. The summed E-state index contributed by atoms with van der Waals surface area (Å²) in [6.45, 7) is 5.44. The van der Waals surface area contributed by atoms with Crippen LogP contribution in [-0.4, -0.2) is 77.6 Å². The molecule has 1 saturated heterocycles. The molecule has 1 aliphatic rings. The summed E-state index contributed by atoms with van der Waals surface area (Å²) in [5, 5.41) is 3.36. The number of benzene rings is 1. The lowest BCUT2D eigenvalue weighted by molar-refractivity contribution is 0.0689. The maximum absolute atomic E-state index is 13.9. The first-order valence-electron chi connectivity index (χ1n) is 9.38. The van der Waals surface area contributed by atoms with Crippen LogP contribution in [0.5, 0.6) is 0 Å². The van der Waals surface area contributed by atoms with E-state index in [1.165, 1.54) is 12.1 Å². The molecule has 160 valence electrons. The van der Waals surface area contributed by atoms with E-state index in [0.717, 1.165) is 38.0 Å². The third-order valence-electron chi connectivity index (χ3n) is 4.47. The Morgan fingerprint density at radius 2 is 1.86 bits per heavy atom. The zero-order valence-corrected chi connectivity index (χ0v) is 19.0. The van der Waals surface area contributed by atoms with E-state index >= 15 is 0 Å². The zero-order chi connectivity index (χ0) is 19.5. The van der Waals surface area contributed by atoms with Crippen LogP contribution in [0.25, 0.3) is 0 Å². The molecule has 0 spiro atoms. The van der Waals surface area contributed by atoms with E-state index in [-0.39, 0.29) is 29.8 Å². The molecule has 0 aromatic heterocycles. The molecule has 1 N–H and O–H groups in total. The number of halogens is 3. The summed E-state index contributed by atoms with van der Waals surface area (Å²) < 4.78 is 37.7. The summed E-state index contributed by atoms with van der Waals surface area (Å²) in [5.41, 5.74) is 0.325. The lowest BCUT2D eigenvalue weighted by Gasteiger charge is -2.37. The molecule has 9 heteroatoms. The Morgan fingerprint density at radius 1 is 1.11 bits per heavy atom. The molecule has 0 atom stereocenters. The topological polar surface area (TPSA) is 49.3 Å². The minimum absolute atomic E-state index is 0. The van der Waals surface area contributed by atoms with Crippen LogP contribution in [0.4, 0.5) is 14.5 Å². The van der Waals surface area contributed by atoms with Gasteiger partial charge in [0.15, 0.2) is 5.96 Å². The second-order valence-corrected chi connectivity index (χ2v) is 6.36. The summed E-state index contributed by atoms with van der Waals surface area (Å²) in [6.07, 6.45) is 1.96. The molecule has 2 rings (SSSR count). The van der Waals surface area contributed by atoms with Gasteiger partial charge < -0.3 is 24.6 Å². The van der Waals surface area contributed by atoms with Gasteiger partial charge in [-0.3, -0.25) is 4.99 Å². The van der Waals surface area contributed by atoms with E-state index < -0.39 is 5.82 Å².